The van der Waals surface area contributed by atoms with Crippen LogP contribution in [0.25, 0.3) is 0 Å². The molecule has 2 rings (SSSR count). The van der Waals surface area contributed by atoms with E-state index in [9.17, 15) is 5.11 Å². The Bertz CT molecular complexity index is 435. The third kappa shape index (κ3) is 3.49. The molecule has 2 unspecified atom stereocenters. The minimum absolute atomic E-state index is 0.0710. The van der Waals surface area contributed by atoms with E-state index in [1.165, 1.54) is 19.3 Å². The highest BCUT2D eigenvalue weighted by atomic mass is 16.3. The van der Waals surface area contributed by atoms with Gasteiger partial charge in [0.2, 0.25) is 0 Å². The first-order chi connectivity index (χ1) is 9.99. The van der Waals surface area contributed by atoms with Gasteiger partial charge in [-0.25, -0.2) is 0 Å². The van der Waals surface area contributed by atoms with Gasteiger partial charge in [0.05, 0.1) is 11.8 Å². The summed E-state index contributed by atoms with van der Waals surface area (Å²) in [5, 5.41) is 15.5. The third-order valence-electron chi connectivity index (χ3n) is 5.34. The molecule has 1 N–H and O–H groups in total. The zero-order valence-electron chi connectivity index (χ0n) is 14.0. The van der Waals surface area contributed by atoms with Gasteiger partial charge >= 0.3 is 0 Å². The summed E-state index contributed by atoms with van der Waals surface area (Å²) in [6.07, 6.45) is 9.35. The topological polar surface area (TPSA) is 41.3 Å². The van der Waals surface area contributed by atoms with Crippen molar-refractivity contribution in [3.05, 3.63) is 18.0 Å². The van der Waals surface area contributed by atoms with Crippen LogP contribution in [0.3, 0.4) is 0 Å². The lowest BCUT2D eigenvalue weighted by molar-refractivity contribution is -0.0315. The average Bonchev–Trinajstić information content (AvgIpc) is 2.95. The molecule has 0 spiro atoms. The number of aromatic nitrogens is 2. The fourth-order valence-corrected chi connectivity index (χ4v) is 3.55. The van der Waals surface area contributed by atoms with Crippen molar-refractivity contribution in [2.45, 2.75) is 76.5 Å². The van der Waals surface area contributed by atoms with Crippen LogP contribution < -0.4 is 0 Å². The first-order valence-corrected chi connectivity index (χ1v) is 8.39. The second-order valence-corrected chi connectivity index (χ2v) is 6.82. The Morgan fingerprint density at radius 2 is 2.00 bits per heavy atom. The van der Waals surface area contributed by atoms with Crippen molar-refractivity contribution >= 4 is 0 Å². The van der Waals surface area contributed by atoms with Gasteiger partial charge in [0, 0.05) is 24.2 Å². The van der Waals surface area contributed by atoms with Crippen LogP contribution in [-0.2, 0) is 6.42 Å². The minimum atomic E-state index is -0.340. The van der Waals surface area contributed by atoms with Crippen molar-refractivity contribution in [1.82, 2.24) is 14.7 Å². The van der Waals surface area contributed by atoms with E-state index in [4.69, 9.17) is 0 Å². The van der Waals surface area contributed by atoms with Crippen LogP contribution in [0.1, 0.15) is 64.1 Å². The molecule has 1 aliphatic rings. The minimum Gasteiger partial charge on any atom is -0.391 e. The molecule has 4 nitrogen and oxygen atoms in total. The highest BCUT2D eigenvalue weighted by Gasteiger charge is 2.41. The number of aliphatic hydroxyl groups excluding tert-OH is 1. The predicted octanol–water partition coefficient (Wildman–Crippen LogP) is 3.02. The monoisotopic (exact) mass is 293 g/mol. The molecule has 1 aromatic heterocycles. The van der Waals surface area contributed by atoms with Gasteiger partial charge in [-0.15, -0.1) is 0 Å². The maximum absolute atomic E-state index is 10.9. The molecule has 1 fully saturated rings. The summed E-state index contributed by atoms with van der Waals surface area (Å²) in [5.74, 6) is 0. The Balaban J connectivity index is 2.08. The van der Waals surface area contributed by atoms with Gasteiger partial charge < -0.3 is 10.0 Å². The van der Waals surface area contributed by atoms with Gasteiger partial charge in [0.15, 0.2) is 0 Å². The molecule has 0 aromatic carbocycles. The van der Waals surface area contributed by atoms with E-state index >= 15 is 0 Å². The molecule has 1 aliphatic carbocycles. The van der Waals surface area contributed by atoms with E-state index in [1.807, 2.05) is 10.9 Å². The van der Waals surface area contributed by atoms with Crippen LogP contribution in [0.2, 0.25) is 0 Å². The Morgan fingerprint density at radius 1 is 1.33 bits per heavy atom. The second kappa shape index (κ2) is 6.93. The zero-order chi connectivity index (χ0) is 15.5. The van der Waals surface area contributed by atoms with Crippen LogP contribution in [0.15, 0.2) is 12.3 Å². The number of likely N-dealkylation sites (N-methyl/N-ethyl adjacent to an activating group) is 1. The van der Waals surface area contributed by atoms with E-state index in [-0.39, 0.29) is 11.6 Å². The van der Waals surface area contributed by atoms with Gasteiger partial charge in [-0.05, 0) is 46.3 Å². The molecule has 0 saturated heterocycles. The Hall–Kier alpha value is -0.870. The van der Waals surface area contributed by atoms with Crippen LogP contribution in [0, 0.1) is 0 Å². The summed E-state index contributed by atoms with van der Waals surface area (Å²) in [6, 6.07) is 2.48. The maximum atomic E-state index is 10.9. The van der Waals surface area contributed by atoms with E-state index in [0.29, 0.717) is 12.5 Å². The van der Waals surface area contributed by atoms with Crippen molar-refractivity contribution in [3.8, 4) is 0 Å². The molecule has 0 amide bonds. The largest absolute Gasteiger partial charge is 0.391 e. The Labute approximate surface area is 129 Å². The van der Waals surface area contributed by atoms with Crippen LogP contribution >= 0.6 is 0 Å². The summed E-state index contributed by atoms with van der Waals surface area (Å²) in [7, 11) is 4.21. The second-order valence-electron chi connectivity index (χ2n) is 6.82. The normalized spacial score (nSPS) is 21.4. The van der Waals surface area contributed by atoms with E-state index in [1.54, 1.807) is 0 Å². The number of rotatable bonds is 6. The van der Waals surface area contributed by atoms with E-state index < -0.39 is 0 Å². The molecule has 21 heavy (non-hydrogen) atoms. The molecule has 2 atom stereocenters. The van der Waals surface area contributed by atoms with E-state index in [0.717, 1.165) is 25.0 Å². The zero-order valence-corrected chi connectivity index (χ0v) is 14.0. The van der Waals surface area contributed by atoms with Gasteiger partial charge in [-0.1, -0.05) is 26.2 Å². The standard InChI is InChI=1S/C17H31N3O/c1-5-14(2)20-12-9-15(18-20)13-16(21)17(19(3)4)10-7-6-8-11-17/h9,12,14,16,21H,5-8,10-11,13H2,1-4H3. The molecule has 4 heteroatoms. The number of aliphatic hydroxyl groups is 1. The van der Waals surface area contributed by atoms with Crippen molar-refractivity contribution in [2.75, 3.05) is 14.1 Å². The van der Waals surface area contributed by atoms with E-state index in [2.05, 4.69) is 44.0 Å². The Morgan fingerprint density at radius 3 is 2.57 bits per heavy atom. The molecule has 1 heterocycles. The maximum Gasteiger partial charge on any atom is 0.0779 e. The molecule has 120 valence electrons. The first-order valence-electron chi connectivity index (χ1n) is 8.39. The summed E-state index contributed by atoms with van der Waals surface area (Å²) in [4.78, 5) is 2.24. The van der Waals surface area contributed by atoms with Gasteiger partial charge in [-0.2, -0.15) is 5.10 Å². The number of hydrogen-bond donors (Lipinski definition) is 1. The lowest BCUT2D eigenvalue weighted by atomic mass is 9.75. The van der Waals surface area contributed by atoms with Crippen molar-refractivity contribution in [2.24, 2.45) is 0 Å². The smallest absolute Gasteiger partial charge is 0.0779 e. The Kier molecular flexibility index (Phi) is 5.44. The molecule has 0 radical (unpaired) electrons. The first kappa shape index (κ1) is 16.5. The third-order valence-corrected chi connectivity index (χ3v) is 5.34. The lowest BCUT2D eigenvalue weighted by Gasteiger charge is -2.46. The summed E-state index contributed by atoms with van der Waals surface area (Å²) in [6.45, 7) is 4.35. The van der Waals surface area contributed by atoms with Gasteiger partial charge in [0.1, 0.15) is 0 Å². The van der Waals surface area contributed by atoms with Gasteiger partial charge in [0.25, 0.3) is 0 Å². The number of nitrogens with zero attached hydrogens (tertiary/aromatic N) is 3. The average molecular weight is 293 g/mol. The van der Waals surface area contributed by atoms with Crippen LogP contribution in [0.5, 0.6) is 0 Å². The molecular formula is C17H31N3O. The fraction of sp³-hybridized carbons (Fsp3) is 0.824. The molecule has 0 bridgehead atoms. The van der Waals surface area contributed by atoms with Crippen molar-refractivity contribution in [1.29, 1.82) is 0 Å². The SMILES string of the molecule is CCC(C)n1ccc(CC(O)C2(N(C)C)CCCCC2)n1. The van der Waals surface area contributed by atoms with Crippen molar-refractivity contribution in [3.63, 3.8) is 0 Å². The summed E-state index contributed by atoms with van der Waals surface area (Å²) < 4.78 is 2.02. The summed E-state index contributed by atoms with van der Waals surface area (Å²) in [5.41, 5.74) is 0.938. The molecule has 0 aliphatic heterocycles. The summed E-state index contributed by atoms with van der Waals surface area (Å²) >= 11 is 0. The molecule has 1 aromatic rings. The molecular weight excluding hydrogens is 262 g/mol. The molecule has 1 saturated carbocycles. The highest BCUT2D eigenvalue weighted by Crippen LogP contribution is 2.36. The van der Waals surface area contributed by atoms with Gasteiger partial charge in [-0.3, -0.25) is 4.68 Å². The quantitative estimate of drug-likeness (QED) is 0.876. The highest BCUT2D eigenvalue weighted by molar-refractivity contribution is 5.07. The fourth-order valence-electron chi connectivity index (χ4n) is 3.55. The number of hydrogen-bond acceptors (Lipinski definition) is 3. The van der Waals surface area contributed by atoms with Crippen LogP contribution in [-0.4, -0.2) is 45.5 Å². The predicted molar refractivity (Wildman–Crippen MR) is 86.4 cm³/mol. The van der Waals surface area contributed by atoms with Crippen molar-refractivity contribution < 1.29 is 5.11 Å². The lowest BCUT2D eigenvalue weighted by Crippen LogP contribution is -2.55. The van der Waals surface area contributed by atoms with Crippen LogP contribution in [0.4, 0.5) is 0 Å².